The van der Waals surface area contributed by atoms with Gasteiger partial charge in [-0.15, -0.1) is 0 Å². The van der Waals surface area contributed by atoms with Crippen LogP contribution in [0.25, 0.3) is 0 Å². The summed E-state index contributed by atoms with van der Waals surface area (Å²) >= 11 is 3.37. The summed E-state index contributed by atoms with van der Waals surface area (Å²) < 4.78 is 0.799. The third-order valence-corrected chi connectivity index (χ3v) is 3.03. The molecule has 15 heavy (non-hydrogen) atoms. The van der Waals surface area contributed by atoms with E-state index in [2.05, 4.69) is 15.9 Å². The van der Waals surface area contributed by atoms with Crippen LogP contribution >= 0.6 is 15.9 Å². The van der Waals surface area contributed by atoms with Crippen LogP contribution in [-0.4, -0.2) is 18.2 Å². The van der Waals surface area contributed by atoms with Crippen LogP contribution in [0.3, 0.4) is 0 Å². The van der Waals surface area contributed by atoms with Gasteiger partial charge in [0.1, 0.15) is 0 Å². The van der Waals surface area contributed by atoms with E-state index in [9.17, 15) is 9.59 Å². The van der Waals surface area contributed by atoms with Gasteiger partial charge in [-0.1, -0.05) is 13.0 Å². The lowest BCUT2D eigenvalue weighted by molar-refractivity contribution is -0.114. The van der Waals surface area contributed by atoms with Gasteiger partial charge in [-0.25, -0.2) is 0 Å². The van der Waals surface area contributed by atoms with Crippen LogP contribution in [0.2, 0.25) is 0 Å². The second-order valence-corrected chi connectivity index (χ2v) is 4.28. The average Bonchev–Trinajstić information content (AvgIpc) is 2.46. The van der Waals surface area contributed by atoms with Gasteiger partial charge in [0.15, 0.2) is 0 Å². The first-order valence-corrected chi connectivity index (χ1v) is 5.60. The largest absolute Gasteiger partial charge is 0.304 e. The number of carbonyl (C=O) groups is 2. The fourth-order valence-electron chi connectivity index (χ4n) is 1.75. The number of ketones is 1. The van der Waals surface area contributed by atoms with Crippen LogP contribution in [0.5, 0.6) is 0 Å². The first-order chi connectivity index (χ1) is 7.16. The number of anilines is 1. The Hall–Kier alpha value is -1.16. The number of rotatable bonds is 2. The number of para-hydroxylation sites is 1. The number of Topliss-reactive ketones (excluding diaryl/α,β-unsaturated/α-hetero) is 1. The molecule has 1 aromatic rings. The predicted octanol–water partition coefficient (Wildman–Crippen LogP) is 2.39. The molecule has 78 valence electrons. The molecule has 4 heteroatoms. The van der Waals surface area contributed by atoms with Crippen LogP contribution in [0.4, 0.5) is 5.69 Å². The molecule has 0 saturated heterocycles. The van der Waals surface area contributed by atoms with E-state index in [1.807, 2.05) is 13.0 Å². The molecular formula is C11H10BrNO2. The second-order valence-electron chi connectivity index (χ2n) is 3.42. The second kappa shape index (κ2) is 3.77. The number of benzene rings is 1. The highest BCUT2D eigenvalue weighted by molar-refractivity contribution is 9.10. The molecule has 1 heterocycles. The number of hydrogen-bond acceptors (Lipinski definition) is 2. The topological polar surface area (TPSA) is 37.4 Å². The first-order valence-electron chi connectivity index (χ1n) is 4.81. The van der Waals surface area contributed by atoms with E-state index < -0.39 is 11.7 Å². The average molecular weight is 268 g/mol. The smallest absolute Gasteiger partial charge is 0.299 e. The number of halogens is 1. The highest BCUT2D eigenvalue weighted by atomic mass is 79.9. The normalized spacial score (nSPS) is 14.7. The molecule has 0 aromatic heterocycles. The molecule has 0 radical (unpaired) electrons. The van der Waals surface area contributed by atoms with Gasteiger partial charge >= 0.3 is 0 Å². The van der Waals surface area contributed by atoms with E-state index in [1.54, 1.807) is 17.0 Å². The third kappa shape index (κ3) is 1.49. The fraction of sp³-hybridized carbons (Fsp3) is 0.273. The Morgan fingerprint density at radius 3 is 2.73 bits per heavy atom. The molecule has 1 amide bonds. The van der Waals surface area contributed by atoms with Gasteiger partial charge in [0.05, 0.1) is 11.3 Å². The summed E-state index contributed by atoms with van der Waals surface area (Å²) in [5.74, 6) is -0.821. The molecule has 0 spiro atoms. The van der Waals surface area contributed by atoms with E-state index in [-0.39, 0.29) is 0 Å². The Bertz CT molecular complexity index is 442. The zero-order valence-corrected chi connectivity index (χ0v) is 9.87. The van der Waals surface area contributed by atoms with Gasteiger partial charge in [-0.05, 0) is 34.5 Å². The standard InChI is InChI=1S/C11H10BrNO2/c1-2-6-13-9-7(10(14)11(13)15)4-3-5-8(9)12/h3-5H,2,6H2,1H3. The molecule has 0 fully saturated rings. The highest BCUT2D eigenvalue weighted by Gasteiger charge is 2.36. The summed E-state index contributed by atoms with van der Waals surface area (Å²) in [6, 6.07) is 5.30. The zero-order chi connectivity index (χ0) is 11.0. The van der Waals surface area contributed by atoms with Crippen molar-refractivity contribution in [3.63, 3.8) is 0 Å². The maximum absolute atomic E-state index is 11.7. The van der Waals surface area contributed by atoms with Crippen LogP contribution in [0.1, 0.15) is 23.7 Å². The van der Waals surface area contributed by atoms with Crippen molar-refractivity contribution in [3.8, 4) is 0 Å². The lowest BCUT2D eigenvalue weighted by Crippen LogP contribution is -2.30. The number of amides is 1. The number of fused-ring (bicyclic) bond motifs is 1. The summed E-state index contributed by atoms with van der Waals surface area (Å²) in [6.07, 6.45) is 0.833. The molecule has 0 saturated carbocycles. The highest BCUT2D eigenvalue weighted by Crippen LogP contribution is 2.35. The van der Waals surface area contributed by atoms with Gasteiger partial charge in [-0.2, -0.15) is 0 Å². The Morgan fingerprint density at radius 2 is 2.07 bits per heavy atom. The summed E-state index contributed by atoms with van der Waals surface area (Å²) in [7, 11) is 0. The minimum atomic E-state index is -0.418. The van der Waals surface area contributed by atoms with Gasteiger partial charge in [0, 0.05) is 11.0 Å². The molecule has 2 rings (SSSR count). The van der Waals surface area contributed by atoms with Crippen molar-refractivity contribution >= 4 is 33.3 Å². The van der Waals surface area contributed by atoms with Crippen molar-refractivity contribution in [2.24, 2.45) is 0 Å². The van der Waals surface area contributed by atoms with Gasteiger partial charge in [-0.3, -0.25) is 9.59 Å². The van der Waals surface area contributed by atoms with E-state index in [4.69, 9.17) is 0 Å². The Morgan fingerprint density at radius 1 is 1.33 bits per heavy atom. The third-order valence-electron chi connectivity index (χ3n) is 2.39. The molecule has 0 bridgehead atoms. The summed E-state index contributed by atoms with van der Waals surface area (Å²) in [5, 5.41) is 0. The molecule has 1 aromatic carbocycles. The minimum Gasteiger partial charge on any atom is -0.304 e. The van der Waals surface area contributed by atoms with Crippen molar-refractivity contribution < 1.29 is 9.59 Å². The quantitative estimate of drug-likeness (QED) is 0.772. The lowest BCUT2D eigenvalue weighted by Gasteiger charge is -2.16. The summed E-state index contributed by atoms with van der Waals surface area (Å²) in [5.41, 5.74) is 1.22. The molecule has 1 aliphatic heterocycles. The number of carbonyl (C=O) groups excluding carboxylic acids is 2. The molecule has 0 aliphatic carbocycles. The Kier molecular flexibility index (Phi) is 2.61. The molecule has 1 aliphatic rings. The number of nitrogens with zero attached hydrogens (tertiary/aromatic N) is 1. The monoisotopic (exact) mass is 267 g/mol. The van der Waals surface area contributed by atoms with Gasteiger partial charge < -0.3 is 4.90 Å². The predicted molar refractivity (Wildman–Crippen MR) is 61.1 cm³/mol. The minimum absolute atomic E-state index is 0.403. The van der Waals surface area contributed by atoms with Gasteiger partial charge in [0.25, 0.3) is 11.7 Å². The van der Waals surface area contributed by atoms with E-state index in [1.165, 1.54) is 0 Å². The Labute approximate surface area is 96.2 Å². The van der Waals surface area contributed by atoms with Crippen LogP contribution in [0.15, 0.2) is 22.7 Å². The van der Waals surface area contributed by atoms with Crippen LogP contribution in [-0.2, 0) is 4.79 Å². The summed E-state index contributed by atoms with van der Waals surface area (Å²) in [4.78, 5) is 24.8. The van der Waals surface area contributed by atoms with E-state index in [0.29, 0.717) is 17.8 Å². The van der Waals surface area contributed by atoms with Gasteiger partial charge in [0.2, 0.25) is 0 Å². The molecule has 0 N–H and O–H groups in total. The number of hydrogen-bond donors (Lipinski definition) is 0. The SMILES string of the molecule is CCCN1C(=O)C(=O)c2cccc(Br)c21. The van der Waals surface area contributed by atoms with Crippen molar-refractivity contribution in [2.75, 3.05) is 11.4 Å². The fourth-order valence-corrected chi connectivity index (χ4v) is 2.33. The van der Waals surface area contributed by atoms with Crippen molar-refractivity contribution in [1.29, 1.82) is 0 Å². The van der Waals surface area contributed by atoms with E-state index in [0.717, 1.165) is 10.9 Å². The van der Waals surface area contributed by atoms with Crippen molar-refractivity contribution in [3.05, 3.63) is 28.2 Å². The zero-order valence-electron chi connectivity index (χ0n) is 8.29. The van der Waals surface area contributed by atoms with Crippen molar-refractivity contribution in [2.45, 2.75) is 13.3 Å². The summed E-state index contributed by atoms with van der Waals surface area (Å²) in [6.45, 7) is 2.56. The molecule has 3 nitrogen and oxygen atoms in total. The van der Waals surface area contributed by atoms with Crippen LogP contribution in [0, 0.1) is 0 Å². The Balaban J connectivity index is 2.56. The maximum atomic E-state index is 11.7. The maximum Gasteiger partial charge on any atom is 0.299 e. The molecular weight excluding hydrogens is 258 g/mol. The van der Waals surface area contributed by atoms with E-state index >= 15 is 0 Å². The van der Waals surface area contributed by atoms with Crippen molar-refractivity contribution in [1.82, 2.24) is 0 Å². The molecule has 0 unspecified atom stereocenters. The first kappa shape index (κ1) is 10.4. The lowest BCUT2D eigenvalue weighted by atomic mass is 10.1. The van der Waals surface area contributed by atoms with Crippen LogP contribution < -0.4 is 4.90 Å². The molecule has 0 atom stereocenters.